The van der Waals surface area contributed by atoms with Gasteiger partial charge >= 0.3 is 0 Å². The van der Waals surface area contributed by atoms with Crippen LogP contribution in [-0.2, 0) is 11.3 Å². The van der Waals surface area contributed by atoms with Crippen LogP contribution in [0.15, 0.2) is 30.6 Å². The molecule has 152 valence electrons. The molecule has 3 heterocycles. The second-order valence-corrected chi connectivity index (χ2v) is 7.39. The summed E-state index contributed by atoms with van der Waals surface area (Å²) in [6, 6.07) is 5.92. The SMILES string of the molecule is Cc1cccc(C)c1OCC(=O)NCCn1nc([C@@H]2CCNC2)c2nccnc21. The highest BCUT2D eigenvalue weighted by Crippen LogP contribution is 2.26. The first kappa shape index (κ1) is 19.3. The van der Waals surface area contributed by atoms with Crippen molar-refractivity contribution in [2.75, 3.05) is 26.2 Å². The fraction of sp³-hybridized carbons (Fsp3) is 0.429. The summed E-state index contributed by atoms with van der Waals surface area (Å²) in [6.07, 6.45) is 4.43. The van der Waals surface area contributed by atoms with E-state index in [4.69, 9.17) is 9.84 Å². The lowest BCUT2D eigenvalue weighted by Gasteiger charge is -2.12. The van der Waals surface area contributed by atoms with Crippen LogP contribution in [0.5, 0.6) is 5.75 Å². The molecule has 1 amide bonds. The number of ether oxygens (including phenoxy) is 1. The number of hydrogen-bond donors (Lipinski definition) is 2. The Morgan fingerprint density at radius 1 is 1.28 bits per heavy atom. The monoisotopic (exact) mass is 394 g/mol. The van der Waals surface area contributed by atoms with E-state index >= 15 is 0 Å². The van der Waals surface area contributed by atoms with E-state index < -0.39 is 0 Å². The Kier molecular flexibility index (Phi) is 5.71. The van der Waals surface area contributed by atoms with Gasteiger partial charge in [0.2, 0.25) is 0 Å². The smallest absolute Gasteiger partial charge is 0.258 e. The number of para-hydroxylation sites is 1. The molecule has 29 heavy (non-hydrogen) atoms. The van der Waals surface area contributed by atoms with Crippen molar-refractivity contribution in [2.45, 2.75) is 32.7 Å². The summed E-state index contributed by atoms with van der Waals surface area (Å²) in [6.45, 7) is 6.83. The number of benzene rings is 1. The van der Waals surface area contributed by atoms with Crippen molar-refractivity contribution in [3.63, 3.8) is 0 Å². The Labute approximate surface area is 169 Å². The van der Waals surface area contributed by atoms with Gasteiger partial charge < -0.3 is 15.4 Å². The van der Waals surface area contributed by atoms with Crippen molar-refractivity contribution in [3.05, 3.63) is 47.4 Å². The number of nitrogens with one attached hydrogen (secondary N) is 2. The van der Waals surface area contributed by atoms with Gasteiger partial charge in [0.05, 0.1) is 12.2 Å². The van der Waals surface area contributed by atoms with Crippen LogP contribution >= 0.6 is 0 Å². The Hall–Kier alpha value is -3.00. The molecule has 0 radical (unpaired) electrons. The van der Waals surface area contributed by atoms with E-state index in [2.05, 4.69) is 20.6 Å². The van der Waals surface area contributed by atoms with Crippen molar-refractivity contribution >= 4 is 17.1 Å². The van der Waals surface area contributed by atoms with Gasteiger partial charge in [-0.05, 0) is 37.9 Å². The molecular formula is C21H26N6O2. The average molecular weight is 394 g/mol. The number of fused-ring (bicyclic) bond motifs is 1. The summed E-state index contributed by atoms with van der Waals surface area (Å²) in [5.41, 5.74) is 4.64. The topological polar surface area (TPSA) is 94.0 Å². The highest BCUT2D eigenvalue weighted by molar-refractivity contribution is 5.77. The van der Waals surface area contributed by atoms with E-state index in [-0.39, 0.29) is 12.5 Å². The normalized spacial score (nSPS) is 16.3. The summed E-state index contributed by atoms with van der Waals surface area (Å²) in [5, 5.41) is 11.0. The van der Waals surface area contributed by atoms with Gasteiger partial charge in [-0.3, -0.25) is 4.79 Å². The van der Waals surface area contributed by atoms with E-state index in [0.29, 0.717) is 19.0 Å². The average Bonchev–Trinajstić information content (AvgIpc) is 3.36. The molecule has 2 N–H and O–H groups in total. The van der Waals surface area contributed by atoms with Gasteiger partial charge in [-0.25, -0.2) is 14.6 Å². The first-order valence-corrected chi connectivity index (χ1v) is 9.97. The molecule has 0 saturated carbocycles. The molecular weight excluding hydrogens is 368 g/mol. The zero-order valence-corrected chi connectivity index (χ0v) is 16.8. The van der Waals surface area contributed by atoms with Crippen LogP contribution in [0, 0.1) is 13.8 Å². The van der Waals surface area contributed by atoms with E-state index in [1.807, 2.05) is 36.7 Å². The third-order valence-electron chi connectivity index (χ3n) is 5.24. The summed E-state index contributed by atoms with van der Waals surface area (Å²) >= 11 is 0. The lowest BCUT2D eigenvalue weighted by Crippen LogP contribution is -2.32. The zero-order valence-electron chi connectivity index (χ0n) is 16.8. The third kappa shape index (κ3) is 4.22. The molecule has 0 spiro atoms. The van der Waals surface area contributed by atoms with Crippen molar-refractivity contribution in [1.82, 2.24) is 30.4 Å². The number of carbonyl (C=O) groups is 1. The van der Waals surface area contributed by atoms with E-state index in [0.717, 1.165) is 53.2 Å². The number of aromatic nitrogens is 4. The van der Waals surface area contributed by atoms with E-state index in [1.54, 1.807) is 12.4 Å². The van der Waals surface area contributed by atoms with Crippen LogP contribution in [0.2, 0.25) is 0 Å². The van der Waals surface area contributed by atoms with Crippen molar-refractivity contribution in [3.8, 4) is 5.75 Å². The van der Waals surface area contributed by atoms with Crippen LogP contribution in [0.25, 0.3) is 11.2 Å². The van der Waals surface area contributed by atoms with Gasteiger partial charge in [-0.1, -0.05) is 18.2 Å². The van der Waals surface area contributed by atoms with Crippen LogP contribution in [0.3, 0.4) is 0 Å². The molecule has 1 saturated heterocycles. The van der Waals surface area contributed by atoms with Crippen LogP contribution in [0.1, 0.15) is 29.2 Å². The number of aryl methyl sites for hydroxylation is 2. The quantitative estimate of drug-likeness (QED) is 0.634. The van der Waals surface area contributed by atoms with Crippen LogP contribution in [-0.4, -0.2) is 51.9 Å². The van der Waals surface area contributed by atoms with Crippen molar-refractivity contribution < 1.29 is 9.53 Å². The fourth-order valence-corrected chi connectivity index (χ4v) is 3.76. The predicted octanol–water partition coefficient (Wildman–Crippen LogP) is 1.72. The van der Waals surface area contributed by atoms with Crippen molar-refractivity contribution in [1.29, 1.82) is 0 Å². The predicted molar refractivity (Wildman–Crippen MR) is 110 cm³/mol. The van der Waals surface area contributed by atoms with Gasteiger partial charge in [0.1, 0.15) is 11.3 Å². The summed E-state index contributed by atoms with van der Waals surface area (Å²) < 4.78 is 7.55. The zero-order chi connectivity index (χ0) is 20.2. The third-order valence-corrected chi connectivity index (χ3v) is 5.24. The molecule has 0 aliphatic carbocycles. The van der Waals surface area contributed by atoms with Gasteiger partial charge in [-0.2, -0.15) is 5.10 Å². The number of hydrogen-bond acceptors (Lipinski definition) is 6. The summed E-state index contributed by atoms with van der Waals surface area (Å²) in [4.78, 5) is 21.1. The Balaban J connectivity index is 1.36. The molecule has 1 fully saturated rings. The molecule has 0 unspecified atom stereocenters. The van der Waals surface area contributed by atoms with Crippen molar-refractivity contribution in [2.24, 2.45) is 0 Å². The fourth-order valence-electron chi connectivity index (χ4n) is 3.76. The number of nitrogens with zero attached hydrogens (tertiary/aromatic N) is 4. The molecule has 2 aromatic heterocycles. The maximum absolute atomic E-state index is 12.2. The molecule has 1 aliphatic rings. The largest absolute Gasteiger partial charge is 0.483 e. The minimum absolute atomic E-state index is 0.00958. The molecule has 1 aromatic carbocycles. The van der Waals surface area contributed by atoms with Gasteiger partial charge in [0.15, 0.2) is 12.3 Å². The standard InChI is InChI=1S/C21H26N6O2/c1-14-4-3-5-15(2)20(14)29-13-17(28)23-10-11-27-21-19(24-8-9-25-21)18(26-27)16-6-7-22-12-16/h3-5,8-9,16,22H,6-7,10-13H2,1-2H3,(H,23,28)/t16-/m1/s1. The second kappa shape index (κ2) is 8.57. The van der Waals surface area contributed by atoms with Gasteiger partial charge in [-0.15, -0.1) is 0 Å². The van der Waals surface area contributed by atoms with Gasteiger partial charge in [0, 0.05) is 31.4 Å². The second-order valence-electron chi connectivity index (χ2n) is 7.39. The lowest BCUT2D eigenvalue weighted by atomic mass is 10.0. The Morgan fingerprint density at radius 3 is 2.83 bits per heavy atom. The highest BCUT2D eigenvalue weighted by Gasteiger charge is 2.24. The molecule has 1 atom stereocenters. The number of rotatable bonds is 7. The first-order chi connectivity index (χ1) is 14.1. The number of carbonyl (C=O) groups excluding carboxylic acids is 1. The summed E-state index contributed by atoms with van der Waals surface area (Å²) in [7, 11) is 0. The molecule has 3 aromatic rings. The van der Waals surface area contributed by atoms with Crippen LogP contribution < -0.4 is 15.4 Å². The Bertz CT molecular complexity index is 989. The molecule has 8 heteroatoms. The highest BCUT2D eigenvalue weighted by atomic mass is 16.5. The van der Waals surface area contributed by atoms with E-state index in [1.165, 1.54) is 0 Å². The minimum atomic E-state index is -0.157. The number of amides is 1. The maximum atomic E-state index is 12.2. The molecule has 8 nitrogen and oxygen atoms in total. The minimum Gasteiger partial charge on any atom is -0.483 e. The molecule has 0 bridgehead atoms. The first-order valence-electron chi connectivity index (χ1n) is 9.97. The lowest BCUT2D eigenvalue weighted by molar-refractivity contribution is -0.123. The molecule has 4 rings (SSSR count). The molecule has 1 aliphatic heterocycles. The Morgan fingerprint density at radius 2 is 2.07 bits per heavy atom. The maximum Gasteiger partial charge on any atom is 0.258 e. The van der Waals surface area contributed by atoms with Crippen LogP contribution in [0.4, 0.5) is 0 Å². The summed E-state index contributed by atoms with van der Waals surface area (Å²) in [5.74, 6) is 0.969. The van der Waals surface area contributed by atoms with E-state index in [9.17, 15) is 4.79 Å². The van der Waals surface area contributed by atoms with Gasteiger partial charge in [0.25, 0.3) is 5.91 Å².